The van der Waals surface area contributed by atoms with Crippen LogP contribution in [0.5, 0.6) is 0 Å². The van der Waals surface area contributed by atoms with Crippen LogP contribution in [0.3, 0.4) is 0 Å². The van der Waals surface area contributed by atoms with Gasteiger partial charge in [0.25, 0.3) is 5.56 Å². The van der Waals surface area contributed by atoms with Crippen molar-refractivity contribution in [3.05, 3.63) is 83.7 Å². The quantitative estimate of drug-likeness (QED) is 0.446. The van der Waals surface area contributed by atoms with Crippen molar-refractivity contribution in [2.24, 2.45) is 0 Å². The Morgan fingerprint density at radius 1 is 0.735 bits per heavy atom. The van der Waals surface area contributed by atoms with Crippen LogP contribution in [0.15, 0.2) is 78.1 Å². The van der Waals surface area contributed by atoms with Gasteiger partial charge >= 0.3 is 0 Å². The first kappa shape index (κ1) is 21.4. The van der Waals surface area contributed by atoms with Crippen molar-refractivity contribution < 1.29 is 4.79 Å². The van der Waals surface area contributed by atoms with E-state index < -0.39 is 0 Å². The molecule has 1 aliphatic rings. The Bertz CT molecular complexity index is 1320. The van der Waals surface area contributed by atoms with Crippen LogP contribution in [0.25, 0.3) is 22.5 Å². The third-order valence-corrected chi connectivity index (χ3v) is 5.71. The van der Waals surface area contributed by atoms with E-state index in [0.717, 1.165) is 22.6 Å². The lowest BCUT2D eigenvalue weighted by atomic mass is 10.2. The summed E-state index contributed by atoms with van der Waals surface area (Å²) in [5.41, 5.74) is 2.89. The standard InChI is InChI=1S/C24H22N8O2/c33-23-4-2-21(19-7-11-26-12-8-19)29-32(23)17-24(34)31-15-13-30(14-16-31)22-3-1-20(27-28-22)18-5-9-25-10-6-18/h1-12H,13-17H2. The van der Waals surface area contributed by atoms with E-state index >= 15 is 0 Å². The Labute approximate surface area is 195 Å². The van der Waals surface area contributed by atoms with Crippen molar-refractivity contribution in [1.82, 2.24) is 34.8 Å². The average Bonchev–Trinajstić information content (AvgIpc) is 2.91. The number of rotatable bonds is 5. The Hall–Kier alpha value is -4.47. The second-order valence-electron chi connectivity index (χ2n) is 7.83. The molecule has 0 saturated carbocycles. The summed E-state index contributed by atoms with van der Waals surface area (Å²) in [7, 11) is 0. The number of pyridine rings is 2. The fraction of sp³-hybridized carbons (Fsp3) is 0.208. The van der Waals surface area contributed by atoms with Crippen LogP contribution >= 0.6 is 0 Å². The molecule has 0 spiro atoms. The summed E-state index contributed by atoms with van der Waals surface area (Å²) in [5.74, 6) is 0.632. The molecular weight excluding hydrogens is 432 g/mol. The van der Waals surface area contributed by atoms with Crippen LogP contribution in [0.4, 0.5) is 5.82 Å². The van der Waals surface area contributed by atoms with Gasteiger partial charge in [0.2, 0.25) is 5.91 Å². The molecule has 1 fully saturated rings. The molecule has 170 valence electrons. The first-order valence-electron chi connectivity index (χ1n) is 10.9. The van der Waals surface area contributed by atoms with Crippen LogP contribution in [0, 0.1) is 0 Å². The third-order valence-electron chi connectivity index (χ3n) is 5.71. The highest BCUT2D eigenvalue weighted by molar-refractivity contribution is 5.76. The highest BCUT2D eigenvalue weighted by atomic mass is 16.2. The van der Waals surface area contributed by atoms with Crippen LogP contribution < -0.4 is 10.5 Å². The van der Waals surface area contributed by atoms with Gasteiger partial charge in [0.1, 0.15) is 6.54 Å². The minimum atomic E-state index is -0.311. The van der Waals surface area contributed by atoms with Crippen LogP contribution in [0.1, 0.15) is 0 Å². The van der Waals surface area contributed by atoms with E-state index in [2.05, 4.69) is 30.2 Å². The number of hydrogen-bond acceptors (Lipinski definition) is 8. The van der Waals surface area contributed by atoms with E-state index in [4.69, 9.17) is 0 Å². The van der Waals surface area contributed by atoms with Gasteiger partial charge in [-0.05, 0) is 42.5 Å². The lowest BCUT2D eigenvalue weighted by Crippen LogP contribution is -2.50. The number of aromatic nitrogens is 6. The number of piperazine rings is 1. The Balaban J connectivity index is 1.21. The summed E-state index contributed by atoms with van der Waals surface area (Å²) in [4.78, 5) is 37.0. The van der Waals surface area contributed by atoms with Gasteiger partial charge in [-0.3, -0.25) is 19.6 Å². The van der Waals surface area contributed by atoms with Gasteiger partial charge in [-0.25, -0.2) is 4.68 Å². The second-order valence-corrected chi connectivity index (χ2v) is 7.83. The summed E-state index contributed by atoms with van der Waals surface area (Å²) < 4.78 is 1.22. The van der Waals surface area contributed by atoms with E-state index in [1.807, 2.05) is 36.4 Å². The van der Waals surface area contributed by atoms with Gasteiger partial charge < -0.3 is 9.80 Å². The number of amides is 1. The maximum absolute atomic E-state index is 12.9. The van der Waals surface area contributed by atoms with E-state index in [1.165, 1.54) is 10.7 Å². The molecule has 10 nitrogen and oxygen atoms in total. The smallest absolute Gasteiger partial charge is 0.267 e. The number of hydrogen-bond donors (Lipinski definition) is 0. The summed E-state index contributed by atoms with van der Waals surface area (Å²) in [6.07, 6.45) is 6.77. The monoisotopic (exact) mass is 454 g/mol. The molecule has 0 aromatic carbocycles. The third kappa shape index (κ3) is 4.65. The summed E-state index contributed by atoms with van der Waals surface area (Å²) in [6.45, 7) is 2.23. The molecule has 10 heteroatoms. The Morgan fingerprint density at radius 2 is 1.35 bits per heavy atom. The van der Waals surface area contributed by atoms with Gasteiger partial charge in [-0.2, -0.15) is 5.10 Å². The number of carbonyl (C=O) groups is 1. The van der Waals surface area contributed by atoms with Gasteiger partial charge in [0, 0.05) is 68.2 Å². The van der Waals surface area contributed by atoms with E-state index in [9.17, 15) is 9.59 Å². The van der Waals surface area contributed by atoms with Crippen LogP contribution in [0.2, 0.25) is 0 Å². The largest absolute Gasteiger partial charge is 0.352 e. The Kier molecular flexibility index (Phi) is 6.02. The van der Waals surface area contributed by atoms with Crippen molar-refractivity contribution in [3.63, 3.8) is 0 Å². The molecule has 0 atom stereocenters. The molecule has 1 saturated heterocycles. The second kappa shape index (κ2) is 9.57. The summed E-state index contributed by atoms with van der Waals surface area (Å²) in [6, 6.07) is 14.4. The van der Waals surface area contributed by atoms with Gasteiger partial charge in [-0.15, -0.1) is 10.2 Å². The number of anilines is 1. The topological polar surface area (TPSA) is 110 Å². The molecule has 5 rings (SSSR count). The average molecular weight is 454 g/mol. The zero-order valence-corrected chi connectivity index (χ0v) is 18.4. The molecule has 1 aliphatic heterocycles. The van der Waals surface area contributed by atoms with E-state index in [-0.39, 0.29) is 18.0 Å². The highest BCUT2D eigenvalue weighted by Crippen LogP contribution is 2.19. The molecular formula is C24H22N8O2. The zero-order valence-electron chi connectivity index (χ0n) is 18.4. The molecule has 4 aromatic heterocycles. The first-order chi connectivity index (χ1) is 16.7. The molecule has 0 unspecified atom stereocenters. The fourth-order valence-electron chi connectivity index (χ4n) is 3.82. The first-order valence-corrected chi connectivity index (χ1v) is 10.9. The number of carbonyl (C=O) groups excluding carboxylic acids is 1. The van der Waals surface area contributed by atoms with Gasteiger partial charge in [0.05, 0.1) is 11.4 Å². The van der Waals surface area contributed by atoms with Crippen LogP contribution in [-0.4, -0.2) is 66.9 Å². The van der Waals surface area contributed by atoms with Crippen molar-refractivity contribution >= 4 is 11.7 Å². The molecule has 0 bridgehead atoms. The predicted octanol–water partition coefficient (Wildman–Crippen LogP) is 1.51. The molecule has 0 radical (unpaired) electrons. The van der Waals surface area contributed by atoms with Gasteiger partial charge in [0.15, 0.2) is 5.82 Å². The van der Waals surface area contributed by atoms with Gasteiger partial charge in [-0.1, -0.05) is 0 Å². The highest BCUT2D eigenvalue weighted by Gasteiger charge is 2.23. The van der Waals surface area contributed by atoms with Crippen molar-refractivity contribution in [3.8, 4) is 22.5 Å². The van der Waals surface area contributed by atoms with Crippen molar-refractivity contribution in [1.29, 1.82) is 0 Å². The lowest BCUT2D eigenvalue weighted by molar-refractivity contribution is -0.132. The lowest BCUT2D eigenvalue weighted by Gasteiger charge is -2.35. The molecule has 0 aliphatic carbocycles. The SMILES string of the molecule is O=C(Cn1nc(-c2ccncc2)ccc1=O)N1CCN(c2ccc(-c3ccncc3)nn2)CC1. The van der Waals surface area contributed by atoms with Crippen LogP contribution in [-0.2, 0) is 11.3 Å². The van der Waals surface area contributed by atoms with E-state index in [0.29, 0.717) is 31.9 Å². The predicted molar refractivity (Wildman–Crippen MR) is 126 cm³/mol. The minimum absolute atomic E-state index is 0.0990. The van der Waals surface area contributed by atoms with Crippen molar-refractivity contribution in [2.45, 2.75) is 6.54 Å². The molecule has 5 heterocycles. The summed E-state index contributed by atoms with van der Waals surface area (Å²) in [5, 5.41) is 13.1. The minimum Gasteiger partial charge on any atom is -0.352 e. The molecule has 0 N–H and O–H groups in total. The normalized spacial score (nSPS) is 13.6. The molecule has 34 heavy (non-hydrogen) atoms. The van der Waals surface area contributed by atoms with Crippen molar-refractivity contribution in [2.75, 3.05) is 31.1 Å². The fourth-order valence-corrected chi connectivity index (χ4v) is 3.82. The maximum Gasteiger partial charge on any atom is 0.267 e. The van der Waals surface area contributed by atoms with E-state index in [1.54, 1.807) is 35.8 Å². The Morgan fingerprint density at radius 3 is 1.97 bits per heavy atom. The number of nitrogens with zero attached hydrogens (tertiary/aromatic N) is 8. The maximum atomic E-state index is 12.9. The molecule has 1 amide bonds. The molecule has 4 aromatic rings. The summed E-state index contributed by atoms with van der Waals surface area (Å²) >= 11 is 0. The zero-order chi connectivity index (χ0) is 23.3.